The Bertz CT molecular complexity index is 502. The van der Waals surface area contributed by atoms with E-state index in [9.17, 15) is 13.6 Å². The van der Waals surface area contributed by atoms with Gasteiger partial charge in [0.2, 0.25) is 5.91 Å². The lowest BCUT2D eigenvalue weighted by atomic mass is 9.88. The Morgan fingerprint density at radius 1 is 1.48 bits per heavy atom. The zero-order chi connectivity index (χ0) is 15.5. The largest absolute Gasteiger partial charge is 0.435 e. The smallest absolute Gasteiger partial charge is 0.387 e. The van der Waals surface area contributed by atoms with Crippen molar-refractivity contribution in [1.82, 2.24) is 10.6 Å². The third kappa shape index (κ3) is 3.91. The average molecular weight is 298 g/mol. The van der Waals surface area contributed by atoms with Gasteiger partial charge >= 0.3 is 6.61 Å². The van der Waals surface area contributed by atoms with E-state index in [1.54, 1.807) is 12.1 Å². The molecule has 6 heteroatoms. The maximum absolute atomic E-state index is 12.3. The van der Waals surface area contributed by atoms with Crippen LogP contribution in [-0.4, -0.2) is 25.6 Å². The molecule has 0 spiro atoms. The molecule has 21 heavy (non-hydrogen) atoms. The van der Waals surface area contributed by atoms with Crippen LogP contribution in [0, 0.1) is 5.41 Å². The van der Waals surface area contributed by atoms with Crippen LogP contribution in [0.25, 0.3) is 0 Å². The monoisotopic (exact) mass is 298 g/mol. The van der Waals surface area contributed by atoms with Crippen molar-refractivity contribution in [3.8, 4) is 5.75 Å². The molecule has 0 aromatic heterocycles. The average Bonchev–Trinajstić information content (AvgIpc) is 2.86. The van der Waals surface area contributed by atoms with Crippen LogP contribution in [0.1, 0.15) is 31.9 Å². The van der Waals surface area contributed by atoms with Crippen LogP contribution >= 0.6 is 0 Å². The first kappa shape index (κ1) is 15.7. The summed E-state index contributed by atoms with van der Waals surface area (Å²) in [6.45, 7) is 2.38. The molecule has 1 fully saturated rings. The molecule has 1 aromatic rings. The van der Waals surface area contributed by atoms with Crippen LogP contribution in [0.4, 0.5) is 8.78 Å². The van der Waals surface area contributed by atoms with Crippen LogP contribution < -0.4 is 15.4 Å². The summed E-state index contributed by atoms with van der Waals surface area (Å²) < 4.78 is 28.8. The zero-order valence-electron chi connectivity index (χ0n) is 12.2. The first-order valence-electron chi connectivity index (χ1n) is 6.97. The molecule has 2 rings (SSSR count). The van der Waals surface area contributed by atoms with E-state index in [4.69, 9.17) is 0 Å². The topological polar surface area (TPSA) is 50.4 Å². The maximum Gasteiger partial charge on any atom is 0.387 e. The van der Waals surface area contributed by atoms with E-state index in [0.717, 1.165) is 18.5 Å². The third-order valence-electron chi connectivity index (χ3n) is 3.85. The minimum Gasteiger partial charge on any atom is -0.435 e. The van der Waals surface area contributed by atoms with E-state index < -0.39 is 12.0 Å². The molecular formula is C15H20F2N2O2. The van der Waals surface area contributed by atoms with Crippen molar-refractivity contribution in [2.75, 3.05) is 13.1 Å². The number of benzene rings is 1. The molecule has 1 amide bonds. The zero-order valence-corrected chi connectivity index (χ0v) is 12.2. The van der Waals surface area contributed by atoms with Gasteiger partial charge in [-0.1, -0.05) is 12.1 Å². The van der Waals surface area contributed by atoms with E-state index in [2.05, 4.69) is 15.4 Å². The lowest BCUT2D eigenvalue weighted by molar-refractivity contribution is -0.129. The first-order valence-corrected chi connectivity index (χ1v) is 6.97. The normalized spacial score (nSPS) is 23.1. The van der Waals surface area contributed by atoms with Crippen molar-refractivity contribution in [2.45, 2.75) is 32.9 Å². The quantitative estimate of drug-likeness (QED) is 0.878. The van der Waals surface area contributed by atoms with Gasteiger partial charge in [0, 0.05) is 6.54 Å². The van der Waals surface area contributed by atoms with Gasteiger partial charge < -0.3 is 15.4 Å². The molecule has 0 saturated carbocycles. The molecule has 0 bridgehead atoms. The summed E-state index contributed by atoms with van der Waals surface area (Å²) in [6, 6.07) is 6.13. The Kier molecular flexibility index (Phi) is 4.77. The molecule has 1 saturated heterocycles. The number of amides is 1. The highest BCUT2D eigenvalue weighted by molar-refractivity contribution is 5.83. The Hall–Kier alpha value is -1.69. The third-order valence-corrected chi connectivity index (χ3v) is 3.85. The van der Waals surface area contributed by atoms with E-state index >= 15 is 0 Å². The van der Waals surface area contributed by atoms with Gasteiger partial charge in [0.05, 0.1) is 11.5 Å². The summed E-state index contributed by atoms with van der Waals surface area (Å²) in [6.07, 6.45) is 0.792. The predicted molar refractivity (Wildman–Crippen MR) is 75.2 cm³/mol. The summed E-state index contributed by atoms with van der Waals surface area (Å²) in [5, 5.41) is 6.11. The van der Waals surface area contributed by atoms with Crippen LogP contribution in [0.15, 0.2) is 24.3 Å². The van der Waals surface area contributed by atoms with Crippen molar-refractivity contribution < 1.29 is 18.3 Å². The number of halogens is 2. The fourth-order valence-electron chi connectivity index (χ4n) is 2.43. The van der Waals surface area contributed by atoms with Crippen LogP contribution in [0.3, 0.4) is 0 Å². The highest BCUT2D eigenvalue weighted by atomic mass is 19.3. The SMILES string of the molecule is CC(NC(=O)C1(C)CCNC1)c1cccc(OC(F)F)c1. The van der Waals surface area contributed by atoms with Gasteiger partial charge in [-0.3, -0.25) is 4.79 Å². The second-order valence-electron chi connectivity index (χ2n) is 5.63. The Balaban J connectivity index is 2.02. The maximum atomic E-state index is 12.3. The standard InChI is InChI=1S/C15H20F2N2O2/c1-10(19-13(20)15(2)6-7-18-9-15)11-4-3-5-12(8-11)21-14(16)17/h3-5,8,10,14,18H,6-7,9H2,1-2H3,(H,19,20). The van der Waals surface area contributed by atoms with Gasteiger partial charge in [-0.15, -0.1) is 0 Å². The number of hydrogen-bond donors (Lipinski definition) is 2. The van der Waals surface area contributed by atoms with E-state index in [1.165, 1.54) is 12.1 Å². The molecule has 1 aliphatic rings. The van der Waals surface area contributed by atoms with Crippen molar-refractivity contribution in [3.63, 3.8) is 0 Å². The van der Waals surface area contributed by atoms with Crippen LogP contribution in [-0.2, 0) is 4.79 Å². The van der Waals surface area contributed by atoms with Crippen molar-refractivity contribution in [1.29, 1.82) is 0 Å². The minimum absolute atomic E-state index is 0.0276. The van der Waals surface area contributed by atoms with Crippen molar-refractivity contribution >= 4 is 5.91 Å². The number of alkyl halides is 2. The number of nitrogens with one attached hydrogen (secondary N) is 2. The second kappa shape index (κ2) is 6.39. The van der Waals surface area contributed by atoms with Gasteiger partial charge in [0.25, 0.3) is 0 Å². The lowest BCUT2D eigenvalue weighted by Gasteiger charge is -2.25. The molecule has 0 radical (unpaired) electrons. The molecule has 2 atom stereocenters. The summed E-state index contributed by atoms with van der Waals surface area (Å²) in [5.41, 5.74) is 0.321. The van der Waals surface area contributed by atoms with Crippen molar-refractivity contribution in [2.24, 2.45) is 5.41 Å². The fourth-order valence-corrected chi connectivity index (χ4v) is 2.43. The Morgan fingerprint density at radius 3 is 2.86 bits per heavy atom. The van der Waals surface area contributed by atoms with Gasteiger partial charge in [0.1, 0.15) is 5.75 Å². The molecular weight excluding hydrogens is 278 g/mol. The molecule has 2 unspecified atom stereocenters. The van der Waals surface area contributed by atoms with E-state index in [1.807, 2.05) is 13.8 Å². The van der Waals surface area contributed by atoms with Crippen LogP contribution in [0.2, 0.25) is 0 Å². The van der Waals surface area contributed by atoms with Gasteiger partial charge in [0.15, 0.2) is 0 Å². The predicted octanol–water partition coefficient (Wildman–Crippen LogP) is 2.46. The second-order valence-corrected chi connectivity index (χ2v) is 5.63. The summed E-state index contributed by atoms with van der Waals surface area (Å²) >= 11 is 0. The number of carbonyl (C=O) groups is 1. The number of rotatable bonds is 5. The van der Waals surface area contributed by atoms with Gasteiger partial charge in [-0.2, -0.15) is 8.78 Å². The highest BCUT2D eigenvalue weighted by Gasteiger charge is 2.36. The first-order chi connectivity index (χ1) is 9.90. The summed E-state index contributed by atoms with van der Waals surface area (Å²) in [4.78, 5) is 12.3. The molecule has 1 heterocycles. The molecule has 4 nitrogen and oxygen atoms in total. The molecule has 116 valence electrons. The summed E-state index contributed by atoms with van der Waals surface area (Å²) in [7, 11) is 0. The minimum atomic E-state index is -2.85. The molecule has 1 aromatic carbocycles. The lowest BCUT2D eigenvalue weighted by Crippen LogP contribution is -2.41. The highest BCUT2D eigenvalue weighted by Crippen LogP contribution is 2.27. The molecule has 0 aliphatic carbocycles. The van der Waals surface area contributed by atoms with Crippen molar-refractivity contribution in [3.05, 3.63) is 29.8 Å². The fraction of sp³-hybridized carbons (Fsp3) is 0.533. The van der Waals surface area contributed by atoms with E-state index in [0.29, 0.717) is 6.54 Å². The number of hydrogen-bond acceptors (Lipinski definition) is 3. The van der Waals surface area contributed by atoms with Gasteiger partial charge in [-0.05, 0) is 44.5 Å². The molecule has 1 aliphatic heterocycles. The van der Waals surface area contributed by atoms with Gasteiger partial charge in [-0.25, -0.2) is 0 Å². The summed E-state index contributed by atoms with van der Waals surface area (Å²) in [5.74, 6) is 0.0672. The Labute approximate surface area is 122 Å². The van der Waals surface area contributed by atoms with Crippen LogP contribution in [0.5, 0.6) is 5.75 Å². The van der Waals surface area contributed by atoms with E-state index in [-0.39, 0.29) is 17.7 Å². The Morgan fingerprint density at radius 2 is 2.24 bits per heavy atom. The number of ether oxygens (including phenoxy) is 1. The molecule has 2 N–H and O–H groups in total. The number of carbonyl (C=O) groups excluding carboxylic acids is 1.